The molecule has 1 rings (SSSR count). The molecule has 1 aromatic carbocycles. The van der Waals surface area contributed by atoms with Gasteiger partial charge in [-0.3, -0.25) is 0 Å². The standard InChI is InChI=1S/C15H21Cl3/c1-10(16)4-13-7-14(5-11(2)17)9-15(8-13)6-12(3)18/h7-12H,4-6H2,1-3H3. The van der Waals surface area contributed by atoms with Gasteiger partial charge < -0.3 is 0 Å². The maximum atomic E-state index is 6.08. The molecule has 0 heterocycles. The Morgan fingerprint density at radius 2 is 0.889 bits per heavy atom. The summed E-state index contributed by atoms with van der Waals surface area (Å²) in [6.45, 7) is 6.05. The Morgan fingerprint density at radius 3 is 1.06 bits per heavy atom. The van der Waals surface area contributed by atoms with E-state index in [1.54, 1.807) is 0 Å². The van der Waals surface area contributed by atoms with E-state index in [1.165, 1.54) is 16.7 Å². The summed E-state index contributed by atoms with van der Waals surface area (Å²) in [6, 6.07) is 6.63. The molecule has 0 saturated heterocycles. The number of hydrogen-bond acceptors (Lipinski definition) is 0. The third kappa shape index (κ3) is 6.31. The fourth-order valence-corrected chi connectivity index (χ4v) is 2.70. The summed E-state index contributed by atoms with van der Waals surface area (Å²) in [5, 5.41) is 0.444. The van der Waals surface area contributed by atoms with Crippen LogP contribution in [0.25, 0.3) is 0 Å². The van der Waals surface area contributed by atoms with Crippen molar-refractivity contribution < 1.29 is 0 Å². The van der Waals surface area contributed by atoms with Crippen molar-refractivity contribution in [1.29, 1.82) is 0 Å². The molecule has 0 N–H and O–H groups in total. The Morgan fingerprint density at radius 1 is 0.667 bits per heavy atom. The van der Waals surface area contributed by atoms with Crippen LogP contribution in [-0.4, -0.2) is 16.1 Å². The van der Waals surface area contributed by atoms with Crippen LogP contribution in [0, 0.1) is 0 Å². The van der Waals surface area contributed by atoms with Crippen molar-refractivity contribution in [2.75, 3.05) is 0 Å². The summed E-state index contributed by atoms with van der Waals surface area (Å²) in [4.78, 5) is 0. The van der Waals surface area contributed by atoms with Crippen molar-refractivity contribution in [3.05, 3.63) is 34.9 Å². The van der Waals surface area contributed by atoms with E-state index in [9.17, 15) is 0 Å². The van der Waals surface area contributed by atoms with E-state index in [0.29, 0.717) is 0 Å². The minimum Gasteiger partial charge on any atom is -0.123 e. The Bertz CT molecular complexity index is 301. The summed E-state index contributed by atoms with van der Waals surface area (Å²) >= 11 is 18.2. The Hall–Kier alpha value is 0.0900. The Balaban J connectivity index is 2.95. The van der Waals surface area contributed by atoms with Crippen molar-refractivity contribution in [3.8, 4) is 0 Å². The fraction of sp³-hybridized carbons (Fsp3) is 0.600. The van der Waals surface area contributed by atoms with Crippen molar-refractivity contribution >= 4 is 34.8 Å². The zero-order chi connectivity index (χ0) is 13.7. The lowest BCUT2D eigenvalue weighted by Crippen LogP contribution is -2.05. The topological polar surface area (TPSA) is 0 Å². The van der Waals surface area contributed by atoms with E-state index in [2.05, 4.69) is 18.2 Å². The molecular formula is C15H21Cl3. The highest BCUT2D eigenvalue weighted by Crippen LogP contribution is 2.19. The normalized spacial score (nSPS) is 16.3. The maximum Gasteiger partial charge on any atom is 0.0348 e. The van der Waals surface area contributed by atoms with Crippen LogP contribution in [0.2, 0.25) is 0 Å². The smallest absolute Gasteiger partial charge is 0.0348 e. The van der Waals surface area contributed by atoms with Crippen LogP contribution in [0.5, 0.6) is 0 Å². The molecule has 0 amide bonds. The molecule has 0 nitrogen and oxygen atoms in total. The minimum atomic E-state index is 0.148. The van der Waals surface area contributed by atoms with Gasteiger partial charge in [0.2, 0.25) is 0 Å². The van der Waals surface area contributed by atoms with E-state index in [1.807, 2.05) is 20.8 Å². The molecule has 0 aliphatic heterocycles. The Labute approximate surface area is 126 Å². The molecule has 0 radical (unpaired) electrons. The second-order valence-corrected chi connectivity index (χ2v) is 7.35. The Kier molecular flexibility index (Phi) is 6.84. The largest absolute Gasteiger partial charge is 0.123 e. The van der Waals surface area contributed by atoms with Gasteiger partial charge in [-0.15, -0.1) is 34.8 Å². The molecule has 0 saturated carbocycles. The van der Waals surface area contributed by atoms with E-state index in [0.717, 1.165) is 19.3 Å². The van der Waals surface area contributed by atoms with E-state index in [4.69, 9.17) is 34.8 Å². The number of rotatable bonds is 6. The number of halogens is 3. The molecule has 102 valence electrons. The summed E-state index contributed by atoms with van der Waals surface area (Å²) in [5.74, 6) is 0. The van der Waals surface area contributed by atoms with Gasteiger partial charge >= 0.3 is 0 Å². The highest BCUT2D eigenvalue weighted by atomic mass is 35.5. The van der Waals surface area contributed by atoms with Crippen LogP contribution in [0.15, 0.2) is 18.2 Å². The van der Waals surface area contributed by atoms with E-state index < -0.39 is 0 Å². The third-order valence-electron chi connectivity index (χ3n) is 2.66. The molecule has 3 unspecified atom stereocenters. The molecule has 18 heavy (non-hydrogen) atoms. The van der Waals surface area contributed by atoms with Gasteiger partial charge in [0.05, 0.1) is 0 Å². The lowest BCUT2D eigenvalue weighted by Gasteiger charge is -2.12. The lowest BCUT2D eigenvalue weighted by atomic mass is 9.98. The number of alkyl halides is 3. The predicted molar refractivity (Wildman–Crippen MR) is 83.5 cm³/mol. The monoisotopic (exact) mass is 306 g/mol. The van der Waals surface area contributed by atoms with Gasteiger partial charge in [-0.25, -0.2) is 0 Å². The van der Waals surface area contributed by atoms with Crippen LogP contribution in [0.4, 0.5) is 0 Å². The second kappa shape index (κ2) is 7.62. The molecule has 3 atom stereocenters. The van der Waals surface area contributed by atoms with Crippen LogP contribution in [0.3, 0.4) is 0 Å². The molecule has 0 aliphatic rings. The summed E-state index contributed by atoms with van der Waals surface area (Å²) in [7, 11) is 0. The van der Waals surface area contributed by atoms with Crippen LogP contribution < -0.4 is 0 Å². The first-order chi connectivity index (χ1) is 8.36. The molecule has 0 aromatic heterocycles. The van der Waals surface area contributed by atoms with Gasteiger partial charge in [0.1, 0.15) is 0 Å². The van der Waals surface area contributed by atoms with E-state index in [-0.39, 0.29) is 16.1 Å². The average molecular weight is 308 g/mol. The highest BCUT2D eigenvalue weighted by Gasteiger charge is 2.08. The maximum absolute atomic E-state index is 6.08. The quantitative estimate of drug-likeness (QED) is 0.634. The first kappa shape index (κ1) is 16.1. The summed E-state index contributed by atoms with van der Waals surface area (Å²) in [5.41, 5.74) is 3.83. The summed E-state index contributed by atoms with van der Waals surface area (Å²) in [6.07, 6.45) is 2.65. The SMILES string of the molecule is CC(Cl)Cc1cc(CC(C)Cl)cc(CC(C)Cl)c1. The third-order valence-corrected chi connectivity index (χ3v) is 3.13. The molecular weight excluding hydrogens is 287 g/mol. The average Bonchev–Trinajstić information content (AvgIpc) is 2.12. The molecule has 0 spiro atoms. The molecule has 1 aromatic rings. The van der Waals surface area contributed by atoms with Crippen molar-refractivity contribution in [2.45, 2.75) is 56.2 Å². The molecule has 0 bridgehead atoms. The van der Waals surface area contributed by atoms with Gasteiger partial charge in [-0.1, -0.05) is 18.2 Å². The first-order valence-electron chi connectivity index (χ1n) is 6.40. The molecule has 0 fully saturated rings. The van der Waals surface area contributed by atoms with E-state index >= 15 is 0 Å². The molecule has 3 heteroatoms. The van der Waals surface area contributed by atoms with Crippen molar-refractivity contribution in [3.63, 3.8) is 0 Å². The van der Waals surface area contributed by atoms with Crippen LogP contribution in [0.1, 0.15) is 37.5 Å². The van der Waals surface area contributed by atoms with Crippen molar-refractivity contribution in [2.24, 2.45) is 0 Å². The van der Waals surface area contributed by atoms with Crippen LogP contribution >= 0.6 is 34.8 Å². The molecule has 0 aliphatic carbocycles. The second-order valence-electron chi connectivity index (χ2n) is 5.11. The van der Waals surface area contributed by atoms with Gasteiger partial charge in [0.25, 0.3) is 0 Å². The minimum absolute atomic E-state index is 0.148. The number of benzene rings is 1. The van der Waals surface area contributed by atoms with Gasteiger partial charge in [0, 0.05) is 16.1 Å². The van der Waals surface area contributed by atoms with Gasteiger partial charge in [-0.05, 0) is 56.7 Å². The highest BCUT2D eigenvalue weighted by molar-refractivity contribution is 6.21. The summed E-state index contributed by atoms with van der Waals surface area (Å²) < 4.78 is 0. The first-order valence-corrected chi connectivity index (χ1v) is 7.71. The lowest BCUT2D eigenvalue weighted by molar-refractivity contribution is 0.880. The van der Waals surface area contributed by atoms with Crippen LogP contribution in [-0.2, 0) is 19.3 Å². The number of hydrogen-bond donors (Lipinski definition) is 0. The predicted octanol–water partition coefficient (Wildman–Crippen LogP) is 5.20. The zero-order valence-corrected chi connectivity index (χ0v) is 13.5. The fourth-order valence-electron chi connectivity index (χ4n) is 2.17. The van der Waals surface area contributed by atoms with Gasteiger partial charge in [0.15, 0.2) is 0 Å². The zero-order valence-electron chi connectivity index (χ0n) is 11.2. The van der Waals surface area contributed by atoms with Gasteiger partial charge in [-0.2, -0.15) is 0 Å². The van der Waals surface area contributed by atoms with Crippen molar-refractivity contribution in [1.82, 2.24) is 0 Å².